The van der Waals surface area contributed by atoms with Crippen molar-refractivity contribution in [3.8, 4) is 0 Å². The van der Waals surface area contributed by atoms with Crippen LogP contribution in [0.25, 0.3) is 0 Å². The van der Waals surface area contributed by atoms with Crippen LogP contribution in [0, 0.1) is 5.92 Å². The van der Waals surface area contributed by atoms with Gasteiger partial charge in [-0.05, 0) is 25.2 Å². The summed E-state index contributed by atoms with van der Waals surface area (Å²) in [5.74, 6) is 0.788. The fraction of sp³-hybridized carbons (Fsp3) is 1.00. The normalized spacial score (nSPS) is 27.0. The van der Waals surface area contributed by atoms with Crippen molar-refractivity contribution in [2.24, 2.45) is 5.92 Å². The molecule has 2 fully saturated rings. The summed E-state index contributed by atoms with van der Waals surface area (Å²) in [5, 5.41) is 3.64. The van der Waals surface area contributed by atoms with Crippen molar-refractivity contribution in [1.82, 2.24) is 10.2 Å². The standard InChI is InChI=1S/C16H32N2O/c1-14(2)12-15-13-18(9-8-17-15)10-11-19-16-6-4-3-5-7-16/h14-17H,3-13H2,1-2H3. The second-order valence-electron chi connectivity index (χ2n) is 6.71. The summed E-state index contributed by atoms with van der Waals surface area (Å²) >= 11 is 0. The highest BCUT2D eigenvalue weighted by molar-refractivity contribution is 4.79. The largest absolute Gasteiger partial charge is 0.377 e. The molecular weight excluding hydrogens is 236 g/mol. The number of nitrogens with one attached hydrogen (secondary N) is 1. The van der Waals surface area contributed by atoms with Gasteiger partial charge >= 0.3 is 0 Å². The minimum Gasteiger partial charge on any atom is -0.377 e. The number of nitrogens with zero attached hydrogens (tertiary/aromatic N) is 1. The molecular formula is C16H32N2O. The van der Waals surface area contributed by atoms with Gasteiger partial charge in [0.1, 0.15) is 0 Å². The summed E-state index contributed by atoms with van der Waals surface area (Å²) in [4.78, 5) is 2.58. The lowest BCUT2D eigenvalue weighted by atomic mass is 9.98. The maximum Gasteiger partial charge on any atom is 0.0597 e. The van der Waals surface area contributed by atoms with E-state index in [4.69, 9.17) is 4.74 Å². The van der Waals surface area contributed by atoms with Crippen LogP contribution in [0.15, 0.2) is 0 Å². The average Bonchev–Trinajstić information content (AvgIpc) is 2.40. The molecule has 0 aromatic carbocycles. The highest BCUT2D eigenvalue weighted by Gasteiger charge is 2.20. The molecule has 1 N–H and O–H groups in total. The molecule has 1 heterocycles. The van der Waals surface area contributed by atoms with E-state index in [0.717, 1.165) is 25.6 Å². The van der Waals surface area contributed by atoms with Gasteiger partial charge in [0.15, 0.2) is 0 Å². The first-order valence-electron chi connectivity index (χ1n) is 8.31. The fourth-order valence-electron chi connectivity index (χ4n) is 3.40. The number of piperazine rings is 1. The van der Waals surface area contributed by atoms with E-state index in [2.05, 4.69) is 24.1 Å². The van der Waals surface area contributed by atoms with Gasteiger partial charge in [-0.25, -0.2) is 0 Å². The van der Waals surface area contributed by atoms with Crippen molar-refractivity contribution in [2.75, 3.05) is 32.8 Å². The average molecular weight is 268 g/mol. The predicted molar refractivity (Wildman–Crippen MR) is 80.5 cm³/mol. The summed E-state index contributed by atoms with van der Waals surface area (Å²) < 4.78 is 6.04. The number of hydrogen-bond acceptors (Lipinski definition) is 3. The number of ether oxygens (including phenoxy) is 1. The first-order chi connectivity index (χ1) is 9.24. The van der Waals surface area contributed by atoms with Crippen LogP contribution >= 0.6 is 0 Å². The Kier molecular flexibility index (Phi) is 6.62. The van der Waals surface area contributed by atoms with Crippen LogP contribution in [0.1, 0.15) is 52.4 Å². The Hall–Kier alpha value is -0.120. The Balaban J connectivity index is 1.59. The van der Waals surface area contributed by atoms with Crippen LogP contribution < -0.4 is 5.32 Å². The van der Waals surface area contributed by atoms with Gasteiger partial charge in [-0.15, -0.1) is 0 Å². The molecule has 3 nitrogen and oxygen atoms in total. The molecule has 0 bridgehead atoms. The monoisotopic (exact) mass is 268 g/mol. The number of rotatable bonds is 6. The van der Waals surface area contributed by atoms with Crippen LogP contribution in [0.2, 0.25) is 0 Å². The predicted octanol–water partition coefficient (Wildman–Crippen LogP) is 2.66. The van der Waals surface area contributed by atoms with E-state index in [1.165, 1.54) is 51.6 Å². The van der Waals surface area contributed by atoms with Gasteiger partial charge in [-0.3, -0.25) is 4.90 Å². The maximum absolute atomic E-state index is 6.04. The van der Waals surface area contributed by atoms with Gasteiger partial charge in [0.05, 0.1) is 12.7 Å². The third-order valence-corrected chi connectivity index (χ3v) is 4.41. The van der Waals surface area contributed by atoms with E-state index in [0.29, 0.717) is 12.1 Å². The van der Waals surface area contributed by atoms with Gasteiger partial charge in [0.2, 0.25) is 0 Å². The summed E-state index contributed by atoms with van der Waals surface area (Å²) in [7, 11) is 0. The van der Waals surface area contributed by atoms with Gasteiger partial charge in [-0.1, -0.05) is 33.1 Å². The maximum atomic E-state index is 6.04. The second kappa shape index (κ2) is 8.23. The molecule has 0 amide bonds. The second-order valence-corrected chi connectivity index (χ2v) is 6.71. The van der Waals surface area contributed by atoms with E-state index in [-0.39, 0.29) is 0 Å². The first kappa shape index (κ1) is 15.3. The van der Waals surface area contributed by atoms with Crippen LogP contribution in [0.4, 0.5) is 0 Å². The highest BCUT2D eigenvalue weighted by atomic mass is 16.5. The van der Waals surface area contributed by atoms with E-state index < -0.39 is 0 Å². The van der Waals surface area contributed by atoms with Crippen molar-refractivity contribution in [1.29, 1.82) is 0 Å². The van der Waals surface area contributed by atoms with E-state index in [9.17, 15) is 0 Å². The molecule has 1 saturated heterocycles. The van der Waals surface area contributed by atoms with Crippen molar-refractivity contribution in [3.05, 3.63) is 0 Å². The van der Waals surface area contributed by atoms with Crippen molar-refractivity contribution in [2.45, 2.75) is 64.5 Å². The summed E-state index contributed by atoms with van der Waals surface area (Å²) in [6.07, 6.45) is 8.58. The van der Waals surface area contributed by atoms with Crippen molar-refractivity contribution in [3.63, 3.8) is 0 Å². The minimum atomic E-state index is 0.558. The van der Waals surface area contributed by atoms with Crippen LogP contribution in [-0.2, 0) is 4.74 Å². The van der Waals surface area contributed by atoms with Crippen LogP contribution in [0.5, 0.6) is 0 Å². The minimum absolute atomic E-state index is 0.558. The summed E-state index contributed by atoms with van der Waals surface area (Å²) in [6, 6.07) is 0.684. The third kappa shape index (κ3) is 5.80. The molecule has 2 aliphatic rings. The van der Waals surface area contributed by atoms with Gasteiger partial charge in [-0.2, -0.15) is 0 Å². The summed E-state index contributed by atoms with van der Waals surface area (Å²) in [6.45, 7) is 10.2. The molecule has 1 aliphatic heterocycles. The topological polar surface area (TPSA) is 24.5 Å². The number of hydrogen-bond donors (Lipinski definition) is 1. The molecule has 112 valence electrons. The Morgan fingerprint density at radius 2 is 2.00 bits per heavy atom. The molecule has 1 atom stereocenters. The van der Waals surface area contributed by atoms with Crippen molar-refractivity contribution < 1.29 is 4.74 Å². The molecule has 1 saturated carbocycles. The lowest BCUT2D eigenvalue weighted by Crippen LogP contribution is -2.51. The fourth-order valence-corrected chi connectivity index (χ4v) is 3.40. The highest BCUT2D eigenvalue weighted by Crippen LogP contribution is 2.20. The van der Waals surface area contributed by atoms with E-state index in [1.54, 1.807) is 0 Å². The SMILES string of the molecule is CC(C)CC1CN(CCOC2CCCCC2)CCN1. The van der Waals surface area contributed by atoms with Crippen LogP contribution in [-0.4, -0.2) is 49.8 Å². The van der Waals surface area contributed by atoms with Gasteiger partial charge in [0, 0.05) is 32.2 Å². The summed E-state index contributed by atoms with van der Waals surface area (Å²) in [5.41, 5.74) is 0. The Morgan fingerprint density at radius 3 is 2.74 bits per heavy atom. The zero-order chi connectivity index (χ0) is 13.5. The molecule has 3 heteroatoms. The Morgan fingerprint density at radius 1 is 1.21 bits per heavy atom. The van der Waals surface area contributed by atoms with Gasteiger partial charge < -0.3 is 10.1 Å². The molecule has 0 aromatic rings. The molecule has 19 heavy (non-hydrogen) atoms. The smallest absolute Gasteiger partial charge is 0.0597 e. The zero-order valence-electron chi connectivity index (χ0n) is 12.9. The molecule has 1 aliphatic carbocycles. The van der Waals surface area contributed by atoms with E-state index in [1.807, 2.05) is 0 Å². The molecule has 0 spiro atoms. The molecule has 1 unspecified atom stereocenters. The first-order valence-corrected chi connectivity index (χ1v) is 8.31. The molecule has 0 aromatic heterocycles. The lowest BCUT2D eigenvalue weighted by Gasteiger charge is -2.34. The van der Waals surface area contributed by atoms with Gasteiger partial charge in [0.25, 0.3) is 0 Å². The van der Waals surface area contributed by atoms with E-state index >= 15 is 0 Å². The Labute approximate surface area is 119 Å². The molecule has 0 radical (unpaired) electrons. The van der Waals surface area contributed by atoms with Crippen LogP contribution in [0.3, 0.4) is 0 Å². The zero-order valence-corrected chi connectivity index (χ0v) is 12.9. The Bertz CT molecular complexity index is 239. The van der Waals surface area contributed by atoms with Crippen molar-refractivity contribution >= 4 is 0 Å². The third-order valence-electron chi connectivity index (χ3n) is 4.41. The quantitative estimate of drug-likeness (QED) is 0.801. The molecule has 2 rings (SSSR count). The lowest BCUT2D eigenvalue weighted by molar-refractivity contribution is 0.0123.